The summed E-state index contributed by atoms with van der Waals surface area (Å²) in [6.45, 7) is 0. The summed E-state index contributed by atoms with van der Waals surface area (Å²) in [5, 5.41) is 9.98. The van der Waals surface area contributed by atoms with Crippen molar-refractivity contribution < 1.29 is 14.7 Å². The van der Waals surface area contributed by atoms with Crippen LogP contribution in [-0.2, 0) is 0 Å². The third kappa shape index (κ3) is 3.85. The zero-order chi connectivity index (χ0) is 20.2. The van der Waals surface area contributed by atoms with Crippen molar-refractivity contribution in [3.05, 3.63) is 125 Å². The summed E-state index contributed by atoms with van der Waals surface area (Å²) in [4.78, 5) is 25.6. The van der Waals surface area contributed by atoms with E-state index >= 15 is 0 Å². The smallest absolute Gasteiger partial charge is 0.193 e. The number of hydrogen-bond donors (Lipinski definition) is 1. The fourth-order valence-electron chi connectivity index (χ4n) is 3.27. The van der Waals surface area contributed by atoms with Gasteiger partial charge in [-0.3, -0.25) is 9.59 Å². The lowest BCUT2D eigenvalue weighted by Crippen LogP contribution is -2.04. The average molecular weight is 378 g/mol. The number of benzene rings is 4. The molecule has 1 N–H and O–H groups in total. The summed E-state index contributed by atoms with van der Waals surface area (Å²) < 4.78 is 0. The lowest BCUT2D eigenvalue weighted by atomic mass is 9.92. The van der Waals surface area contributed by atoms with Gasteiger partial charge in [0.25, 0.3) is 0 Å². The van der Waals surface area contributed by atoms with E-state index in [0.717, 1.165) is 5.56 Å². The van der Waals surface area contributed by atoms with Gasteiger partial charge in [0.15, 0.2) is 11.6 Å². The highest BCUT2D eigenvalue weighted by atomic mass is 16.3. The van der Waals surface area contributed by atoms with E-state index in [-0.39, 0.29) is 17.3 Å². The molecule has 3 heteroatoms. The Hall–Kier alpha value is -3.98. The summed E-state index contributed by atoms with van der Waals surface area (Å²) >= 11 is 0. The van der Waals surface area contributed by atoms with Gasteiger partial charge < -0.3 is 5.11 Å². The maximum absolute atomic E-state index is 13.0. The first-order chi connectivity index (χ1) is 14.1. The van der Waals surface area contributed by atoms with Crippen LogP contribution in [0.4, 0.5) is 0 Å². The molecule has 0 heterocycles. The Morgan fingerprint density at radius 1 is 0.552 bits per heavy atom. The maximum Gasteiger partial charge on any atom is 0.193 e. The van der Waals surface area contributed by atoms with Crippen LogP contribution in [0.15, 0.2) is 103 Å². The van der Waals surface area contributed by atoms with Crippen molar-refractivity contribution >= 4 is 11.6 Å². The second kappa shape index (κ2) is 7.95. The maximum atomic E-state index is 13.0. The number of rotatable bonds is 5. The summed E-state index contributed by atoms with van der Waals surface area (Å²) in [5.41, 5.74) is 3.64. The molecular formula is C26H18O3. The van der Waals surface area contributed by atoms with Gasteiger partial charge in [-0.15, -0.1) is 0 Å². The molecule has 0 radical (unpaired) electrons. The average Bonchev–Trinajstić information content (AvgIpc) is 2.79. The van der Waals surface area contributed by atoms with Crippen LogP contribution in [0.5, 0.6) is 5.75 Å². The van der Waals surface area contributed by atoms with Crippen LogP contribution < -0.4 is 0 Å². The Morgan fingerprint density at radius 3 is 1.66 bits per heavy atom. The van der Waals surface area contributed by atoms with Gasteiger partial charge in [0, 0.05) is 22.3 Å². The van der Waals surface area contributed by atoms with Crippen molar-refractivity contribution in [3.8, 4) is 16.9 Å². The summed E-state index contributed by atoms with van der Waals surface area (Å²) in [7, 11) is 0. The third-order valence-corrected chi connectivity index (χ3v) is 4.78. The van der Waals surface area contributed by atoms with Crippen molar-refractivity contribution in [3.63, 3.8) is 0 Å². The molecule has 0 aliphatic heterocycles. The Bertz CT molecular complexity index is 1160. The number of carbonyl (C=O) groups excluding carboxylic acids is 2. The van der Waals surface area contributed by atoms with Gasteiger partial charge in [-0.05, 0) is 29.3 Å². The standard InChI is InChI=1S/C26H18O3/c27-22-15-16-23(26(29)20-9-5-2-6-10-20)24(17-22)18-11-13-21(14-12-18)25(28)19-7-3-1-4-8-19/h1-17,27H. The van der Waals surface area contributed by atoms with E-state index in [0.29, 0.717) is 27.8 Å². The molecule has 0 spiro atoms. The minimum atomic E-state index is -0.120. The van der Waals surface area contributed by atoms with E-state index in [9.17, 15) is 14.7 Å². The molecule has 0 saturated carbocycles. The minimum absolute atomic E-state index is 0.0614. The molecule has 0 aromatic heterocycles. The summed E-state index contributed by atoms with van der Waals surface area (Å²) in [5.74, 6) is -0.104. The van der Waals surface area contributed by atoms with Gasteiger partial charge in [-0.1, -0.05) is 84.9 Å². The van der Waals surface area contributed by atoms with Crippen molar-refractivity contribution in [2.75, 3.05) is 0 Å². The minimum Gasteiger partial charge on any atom is -0.508 e. The highest BCUT2D eigenvalue weighted by molar-refractivity contribution is 6.13. The van der Waals surface area contributed by atoms with E-state index in [1.165, 1.54) is 6.07 Å². The van der Waals surface area contributed by atoms with Gasteiger partial charge in [-0.2, -0.15) is 0 Å². The lowest BCUT2D eigenvalue weighted by molar-refractivity contribution is 0.103. The molecule has 3 nitrogen and oxygen atoms in total. The summed E-state index contributed by atoms with van der Waals surface area (Å²) in [6.07, 6.45) is 0. The number of carbonyl (C=O) groups is 2. The largest absolute Gasteiger partial charge is 0.508 e. The molecule has 0 bridgehead atoms. The third-order valence-electron chi connectivity index (χ3n) is 4.78. The molecule has 0 aliphatic rings. The van der Waals surface area contributed by atoms with Crippen LogP contribution in [0.25, 0.3) is 11.1 Å². The Labute approximate surface area is 168 Å². The number of hydrogen-bond acceptors (Lipinski definition) is 3. The fraction of sp³-hybridized carbons (Fsp3) is 0. The van der Waals surface area contributed by atoms with E-state index in [1.54, 1.807) is 60.7 Å². The number of phenols is 1. The SMILES string of the molecule is O=C(c1ccccc1)c1ccc(-c2cc(O)ccc2C(=O)c2ccccc2)cc1. The Morgan fingerprint density at radius 2 is 1.07 bits per heavy atom. The Balaban J connectivity index is 1.71. The van der Waals surface area contributed by atoms with Crippen LogP contribution >= 0.6 is 0 Å². The second-order valence-electron chi connectivity index (χ2n) is 6.70. The highest BCUT2D eigenvalue weighted by Gasteiger charge is 2.16. The van der Waals surface area contributed by atoms with E-state index < -0.39 is 0 Å². The zero-order valence-corrected chi connectivity index (χ0v) is 15.6. The van der Waals surface area contributed by atoms with E-state index in [2.05, 4.69) is 0 Å². The second-order valence-corrected chi connectivity index (χ2v) is 6.70. The van der Waals surface area contributed by atoms with Crippen LogP contribution in [0, 0.1) is 0 Å². The van der Waals surface area contributed by atoms with E-state index in [1.807, 2.05) is 36.4 Å². The lowest BCUT2D eigenvalue weighted by Gasteiger charge is -2.11. The monoisotopic (exact) mass is 378 g/mol. The molecule has 0 aliphatic carbocycles. The summed E-state index contributed by atoms with van der Waals surface area (Å²) in [6, 6.07) is 29.9. The van der Waals surface area contributed by atoms with Crippen LogP contribution in [0.2, 0.25) is 0 Å². The number of ketones is 2. The topological polar surface area (TPSA) is 54.4 Å². The molecule has 0 fully saturated rings. The number of phenolic OH excluding ortho intramolecular Hbond substituents is 1. The molecule has 4 rings (SSSR count). The first-order valence-corrected chi connectivity index (χ1v) is 9.26. The van der Waals surface area contributed by atoms with Crippen LogP contribution in [-0.4, -0.2) is 16.7 Å². The van der Waals surface area contributed by atoms with Gasteiger partial charge in [0.1, 0.15) is 5.75 Å². The van der Waals surface area contributed by atoms with Crippen molar-refractivity contribution in [1.82, 2.24) is 0 Å². The van der Waals surface area contributed by atoms with Gasteiger partial charge >= 0.3 is 0 Å². The molecule has 29 heavy (non-hydrogen) atoms. The van der Waals surface area contributed by atoms with Gasteiger partial charge in [-0.25, -0.2) is 0 Å². The molecule has 4 aromatic carbocycles. The molecule has 0 amide bonds. The van der Waals surface area contributed by atoms with Crippen molar-refractivity contribution in [2.45, 2.75) is 0 Å². The number of aromatic hydroxyl groups is 1. The Kier molecular flexibility index (Phi) is 5.04. The quantitative estimate of drug-likeness (QED) is 0.465. The van der Waals surface area contributed by atoms with Gasteiger partial charge in [0.2, 0.25) is 0 Å². The van der Waals surface area contributed by atoms with Crippen LogP contribution in [0.3, 0.4) is 0 Å². The highest BCUT2D eigenvalue weighted by Crippen LogP contribution is 2.30. The molecule has 0 saturated heterocycles. The first-order valence-electron chi connectivity index (χ1n) is 9.26. The molecular weight excluding hydrogens is 360 g/mol. The van der Waals surface area contributed by atoms with Crippen molar-refractivity contribution in [1.29, 1.82) is 0 Å². The molecule has 4 aromatic rings. The normalized spacial score (nSPS) is 10.5. The van der Waals surface area contributed by atoms with Gasteiger partial charge in [0.05, 0.1) is 0 Å². The molecule has 140 valence electrons. The van der Waals surface area contributed by atoms with Crippen LogP contribution in [0.1, 0.15) is 31.8 Å². The fourth-order valence-corrected chi connectivity index (χ4v) is 3.27. The predicted octanol–water partition coefficient (Wildman–Crippen LogP) is 5.52. The molecule has 0 atom stereocenters. The zero-order valence-electron chi connectivity index (χ0n) is 15.6. The molecule has 0 unspecified atom stereocenters. The first kappa shape index (κ1) is 18.4. The van der Waals surface area contributed by atoms with E-state index in [4.69, 9.17) is 0 Å². The predicted molar refractivity (Wildman–Crippen MR) is 113 cm³/mol. The van der Waals surface area contributed by atoms with Crippen molar-refractivity contribution in [2.24, 2.45) is 0 Å².